The minimum absolute atomic E-state index is 0. The highest BCUT2D eigenvalue weighted by molar-refractivity contribution is 5.85. The number of hydrogen-bond acceptors (Lipinski definition) is 3. The fourth-order valence-corrected chi connectivity index (χ4v) is 2.98. The molecule has 0 aliphatic heterocycles. The van der Waals surface area contributed by atoms with Crippen LogP contribution in [-0.2, 0) is 9.53 Å². The van der Waals surface area contributed by atoms with E-state index in [-0.39, 0.29) is 30.3 Å². The van der Waals surface area contributed by atoms with Gasteiger partial charge in [0.1, 0.15) is 0 Å². The quantitative estimate of drug-likeness (QED) is 0.678. The molecule has 3 saturated carbocycles. The normalized spacial score (nSPS) is 40.1. The van der Waals surface area contributed by atoms with Gasteiger partial charge in [0.25, 0.3) is 0 Å². The molecule has 0 spiro atoms. The molecule has 3 rings (SSSR count). The van der Waals surface area contributed by atoms with E-state index in [0.717, 1.165) is 12.8 Å². The smallest absolute Gasteiger partial charge is 0.310 e. The van der Waals surface area contributed by atoms with Crippen LogP contribution < -0.4 is 5.73 Å². The lowest BCUT2D eigenvalue weighted by molar-refractivity contribution is -0.152. The zero-order chi connectivity index (χ0) is 9.42. The number of esters is 1. The molecule has 4 heteroatoms. The maximum atomic E-state index is 11.5. The van der Waals surface area contributed by atoms with Crippen LogP contribution in [0.25, 0.3) is 0 Å². The van der Waals surface area contributed by atoms with Crippen molar-refractivity contribution in [1.82, 2.24) is 0 Å². The summed E-state index contributed by atoms with van der Waals surface area (Å²) in [6, 6.07) is 0.0555. The van der Waals surface area contributed by atoms with Crippen molar-refractivity contribution in [3.8, 4) is 0 Å². The second-order valence-corrected chi connectivity index (χ2v) is 4.30. The zero-order valence-corrected chi connectivity index (χ0v) is 9.26. The average Bonchev–Trinajstić information content (AvgIpc) is 2.18. The number of fused-ring (bicyclic) bond motifs is 3. The number of carbonyl (C=O) groups excluding carboxylic acids is 1. The summed E-state index contributed by atoms with van der Waals surface area (Å²) >= 11 is 0. The zero-order valence-electron chi connectivity index (χ0n) is 8.44. The number of nitrogens with two attached hydrogens (primary N) is 1. The Morgan fingerprint density at radius 3 is 2.14 bits per heavy atom. The van der Waals surface area contributed by atoms with Crippen molar-refractivity contribution < 1.29 is 9.53 Å². The lowest BCUT2D eigenvalue weighted by Crippen LogP contribution is -2.52. The molecule has 0 aromatic heterocycles. The van der Waals surface area contributed by atoms with Crippen molar-refractivity contribution in [2.75, 3.05) is 7.11 Å². The van der Waals surface area contributed by atoms with Gasteiger partial charge in [-0.1, -0.05) is 0 Å². The minimum atomic E-state index is -0.0955. The lowest BCUT2D eigenvalue weighted by Gasteiger charge is -2.45. The van der Waals surface area contributed by atoms with E-state index in [2.05, 4.69) is 0 Å². The molecule has 2 N–H and O–H groups in total. The molecule has 0 aromatic carbocycles. The highest BCUT2D eigenvalue weighted by Gasteiger charge is 2.45. The van der Waals surface area contributed by atoms with Gasteiger partial charge in [0.05, 0.1) is 13.0 Å². The van der Waals surface area contributed by atoms with Crippen LogP contribution in [0, 0.1) is 17.8 Å². The van der Waals surface area contributed by atoms with Crippen molar-refractivity contribution in [3.05, 3.63) is 0 Å². The second kappa shape index (κ2) is 4.49. The topological polar surface area (TPSA) is 52.3 Å². The summed E-state index contributed by atoms with van der Waals surface area (Å²) < 4.78 is 4.79. The molecular formula is C10H18ClNO2. The summed E-state index contributed by atoms with van der Waals surface area (Å²) in [6.45, 7) is 0. The molecule has 3 aliphatic rings. The van der Waals surface area contributed by atoms with Gasteiger partial charge in [0.15, 0.2) is 0 Å². The molecule has 0 amide bonds. The molecule has 82 valence electrons. The third kappa shape index (κ3) is 1.75. The van der Waals surface area contributed by atoms with Crippen molar-refractivity contribution in [2.45, 2.75) is 31.7 Å². The molecule has 0 unspecified atom stereocenters. The van der Waals surface area contributed by atoms with Gasteiger partial charge in [0, 0.05) is 6.04 Å². The summed E-state index contributed by atoms with van der Waals surface area (Å²) in [7, 11) is 1.46. The van der Waals surface area contributed by atoms with Crippen LogP contribution in [0.15, 0.2) is 0 Å². The van der Waals surface area contributed by atoms with E-state index >= 15 is 0 Å². The first-order valence-corrected chi connectivity index (χ1v) is 5.07. The number of hydrogen-bond donors (Lipinski definition) is 1. The van der Waals surface area contributed by atoms with E-state index in [0.29, 0.717) is 11.8 Å². The van der Waals surface area contributed by atoms with Crippen molar-refractivity contribution in [1.29, 1.82) is 0 Å². The first-order valence-electron chi connectivity index (χ1n) is 5.07. The van der Waals surface area contributed by atoms with Crippen molar-refractivity contribution in [2.24, 2.45) is 23.5 Å². The lowest BCUT2D eigenvalue weighted by atomic mass is 9.62. The van der Waals surface area contributed by atoms with E-state index < -0.39 is 0 Å². The van der Waals surface area contributed by atoms with Crippen LogP contribution >= 0.6 is 12.4 Å². The number of methoxy groups -OCH3 is 1. The van der Waals surface area contributed by atoms with Crippen LogP contribution in [0.5, 0.6) is 0 Å². The Kier molecular flexibility index (Phi) is 3.78. The average molecular weight is 220 g/mol. The van der Waals surface area contributed by atoms with Crippen LogP contribution in [-0.4, -0.2) is 19.1 Å². The summed E-state index contributed by atoms with van der Waals surface area (Å²) in [4.78, 5) is 11.5. The summed E-state index contributed by atoms with van der Waals surface area (Å²) in [6.07, 6.45) is 4.74. The summed E-state index contributed by atoms with van der Waals surface area (Å²) in [5.74, 6) is 0.945. The molecule has 2 atom stereocenters. The van der Waals surface area contributed by atoms with E-state index in [1.807, 2.05) is 0 Å². The molecule has 3 fully saturated rings. The molecule has 0 radical (unpaired) electrons. The molecule has 3 aliphatic carbocycles. The first-order chi connectivity index (χ1) is 6.24. The fourth-order valence-electron chi connectivity index (χ4n) is 2.98. The van der Waals surface area contributed by atoms with Gasteiger partial charge < -0.3 is 10.5 Å². The van der Waals surface area contributed by atoms with Gasteiger partial charge in [-0.25, -0.2) is 0 Å². The Morgan fingerprint density at radius 1 is 1.21 bits per heavy atom. The van der Waals surface area contributed by atoms with Crippen molar-refractivity contribution >= 4 is 18.4 Å². The molecule has 0 aromatic rings. The SMILES string of the molecule is COC(=O)[C@H]1C2CCC(CC2)[C@H]1N.Cl. The van der Waals surface area contributed by atoms with Crippen LogP contribution in [0.4, 0.5) is 0 Å². The summed E-state index contributed by atoms with van der Waals surface area (Å²) in [5, 5.41) is 0. The van der Waals surface area contributed by atoms with E-state index in [4.69, 9.17) is 10.5 Å². The van der Waals surface area contributed by atoms with Crippen LogP contribution in [0.3, 0.4) is 0 Å². The predicted molar refractivity (Wildman–Crippen MR) is 56.2 cm³/mol. The predicted octanol–water partition coefficient (Wildman–Crippen LogP) is 1.34. The Hall–Kier alpha value is -0.280. The summed E-state index contributed by atoms with van der Waals surface area (Å²) in [5.41, 5.74) is 6.04. The largest absolute Gasteiger partial charge is 0.469 e. The number of halogens is 1. The van der Waals surface area contributed by atoms with Gasteiger partial charge >= 0.3 is 5.97 Å². The van der Waals surface area contributed by atoms with Gasteiger partial charge in [-0.05, 0) is 37.5 Å². The number of rotatable bonds is 1. The fraction of sp³-hybridized carbons (Fsp3) is 0.900. The highest BCUT2D eigenvalue weighted by Crippen LogP contribution is 2.44. The molecule has 14 heavy (non-hydrogen) atoms. The number of carbonyl (C=O) groups is 1. The van der Waals surface area contributed by atoms with Gasteiger partial charge in [-0.15, -0.1) is 12.4 Å². The van der Waals surface area contributed by atoms with Gasteiger partial charge in [0.2, 0.25) is 0 Å². The minimum Gasteiger partial charge on any atom is -0.469 e. The van der Waals surface area contributed by atoms with Crippen LogP contribution in [0.1, 0.15) is 25.7 Å². The van der Waals surface area contributed by atoms with E-state index in [1.165, 1.54) is 20.0 Å². The molecule has 3 nitrogen and oxygen atoms in total. The molecule has 0 saturated heterocycles. The maximum Gasteiger partial charge on any atom is 0.310 e. The van der Waals surface area contributed by atoms with E-state index in [1.54, 1.807) is 0 Å². The standard InChI is InChI=1S/C10H17NO2.ClH/c1-13-10(12)8-6-2-4-7(5-3-6)9(8)11;/h6-9H,2-5,11H2,1H3;1H/t6?,7?,8-,9+;/m0./s1. The monoisotopic (exact) mass is 219 g/mol. The third-order valence-corrected chi connectivity index (χ3v) is 3.76. The Morgan fingerprint density at radius 2 is 1.71 bits per heavy atom. The third-order valence-electron chi connectivity index (χ3n) is 3.76. The molecule has 2 bridgehead atoms. The number of ether oxygens (including phenoxy) is 1. The van der Waals surface area contributed by atoms with Crippen molar-refractivity contribution in [3.63, 3.8) is 0 Å². The first kappa shape index (κ1) is 11.8. The Bertz CT molecular complexity index is 212. The molecule has 0 heterocycles. The van der Waals surface area contributed by atoms with Crippen LogP contribution in [0.2, 0.25) is 0 Å². The second-order valence-electron chi connectivity index (χ2n) is 4.30. The Labute approximate surface area is 90.8 Å². The Balaban J connectivity index is 0.000000980. The highest BCUT2D eigenvalue weighted by atomic mass is 35.5. The van der Waals surface area contributed by atoms with Gasteiger partial charge in [-0.3, -0.25) is 4.79 Å². The maximum absolute atomic E-state index is 11.5. The van der Waals surface area contributed by atoms with E-state index in [9.17, 15) is 4.79 Å². The molecular weight excluding hydrogens is 202 g/mol. The van der Waals surface area contributed by atoms with Gasteiger partial charge in [-0.2, -0.15) is 0 Å².